The van der Waals surface area contributed by atoms with E-state index in [9.17, 15) is 9.90 Å². The topological polar surface area (TPSA) is 71.4 Å². The molecule has 0 bridgehead atoms. The molecule has 0 aromatic heterocycles. The lowest BCUT2D eigenvalue weighted by molar-refractivity contribution is -0.137. The number of rotatable bonds is 7. The largest absolute Gasteiger partial charge is 0.390 e. The van der Waals surface area contributed by atoms with Gasteiger partial charge in [-0.25, -0.2) is 0 Å². The highest BCUT2D eigenvalue weighted by molar-refractivity contribution is 5.81. The number of benzene rings is 2. The Kier molecular flexibility index (Phi) is 6.67. The number of hydrogen-bond acceptors (Lipinski definition) is 6. The summed E-state index contributed by atoms with van der Waals surface area (Å²) in [5.74, 6) is 0.545. The van der Waals surface area contributed by atoms with Crippen molar-refractivity contribution in [2.45, 2.75) is 62.6 Å². The van der Waals surface area contributed by atoms with E-state index < -0.39 is 5.60 Å². The van der Waals surface area contributed by atoms with Crippen LogP contribution in [0.15, 0.2) is 53.6 Å². The molecule has 2 aromatic rings. The first-order valence-electron chi connectivity index (χ1n) is 14.0. The number of nitrogens with one attached hydrogen (secondary N) is 1. The number of anilines is 2. The first-order chi connectivity index (χ1) is 18.0. The maximum atomic E-state index is 12.4. The van der Waals surface area contributed by atoms with Crippen molar-refractivity contribution < 1.29 is 9.90 Å². The van der Waals surface area contributed by atoms with Gasteiger partial charge in [0.15, 0.2) is 0 Å². The van der Waals surface area contributed by atoms with Crippen LogP contribution in [-0.4, -0.2) is 73.0 Å². The van der Waals surface area contributed by atoms with Crippen LogP contribution in [0.2, 0.25) is 0 Å². The lowest BCUT2D eigenvalue weighted by Crippen LogP contribution is -2.49. The van der Waals surface area contributed by atoms with Crippen molar-refractivity contribution in [3.05, 3.63) is 48.5 Å². The Labute approximate surface area is 220 Å². The molecule has 37 heavy (non-hydrogen) atoms. The van der Waals surface area contributed by atoms with Crippen LogP contribution in [0.4, 0.5) is 11.4 Å². The van der Waals surface area contributed by atoms with E-state index in [-0.39, 0.29) is 12.0 Å². The molecule has 1 amide bonds. The fourth-order valence-electron chi connectivity index (χ4n) is 6.17. The molecule has 1 aliphatic carbocycles. The first kappa shape index (κ1) is 24.4. The van der Waals surface area contributed by atoms with Crippen LogP contribution in [0.3, 0.4) is 0 Å². The van der Waals surface area contributed by atoms with Gasteiger partial charge in [0.25, 0.3) is 0 Å². The molecule has 3 fully saturated rings. The number of likely N-dealkylation sites (tertiary alicyclic amines) is 1. The van der Waals surface area contributed by atoms with E-state index >= 15 is 0 Å². The minimum Gasteiger partial charge on any atom is -0.390 e. The van der Waals surface area contributed by atoms with Crippen LogP contribution in [0.25, 0.3) is 11.1 Å². The Hall–Kier alpha value is -2.90. The Bertz CT molecular complexity index is 1120. The van der Waals surface area contributed by atoms with Crippen molar-refractivity contribution in [2.75, 3.05) is 43.1 Å². The summed E-state index contributed by atoms with van der Waals surface area (Å²) in [5.41, 5.74) is 4.01. The molecule has 1 unspecified atom stereocenters. The molecule has 2 N–H and O–H groups in total. The van der Waals surface area contributed by atoms with Crippen molar-refractivity contribution in [1.82, 2.24) is 10.2 Å². The molecule has 7 nitrogen and oxygen atoms in total. The van der Waals surface area contributed by atoms with E-state index in [0.717, 1.165) is 38.0 Å². The Morgan fingerprint density at radius 3 is 2.22 bits per heavy atom. The van der Waals surface area contributed by atoms with Gasteiger partial charge in [0.1, 0.15) is 0 Å². The molecule has 2 aromatic carbocycles. The van der Waals surface area contributed by atoms with Crippen molar-refractivity contribution in [3.63, 3.8) is 0 Å². The molecule has 2 atom stereocenters. The standard InChI is InChI=1S/C30H39N5O2/c1-31-25-13-17-34(21-25)26-8-4-22(5-9-26)23-6-10-27(11-7-23)35-28(12-16-32-35)20-30(37)14-18-33(19-15-30)29(36)24-2-3-24/h4-11,16,24-25,28,31,37H,2-3,12-15,17-21H2,1H3/t25-,28?/m0/s1. The van der Waals surface area contributed by atoms with Gasteiger partial charge in [0.2, 0.25) is 5.91 Å². The lowest BCUT2D eigenvalue weighted by Gasteiger charge is -2.40. The monoisotopic (exact) mass is 501 g/mol. The van der Waals surface area contributed by atoms with Gasteiger partial charge >= 0.3 is 0 Å². The van der Waals surface area contributed by atoms with Crippen molar-refractivity contribution >= 4 is 23.5 Å². The first-order valence-corrected chi connectivity index (χ1v) is 14.0. The van der Waals surface area contributed by atoms with E-state index in [1.54, 1.807) is 0 Å². The molecule has 0 spiro atoms. The third-order valence-corrected chi connectivity index (χ3v) is 8.77. The van der Waals surface area contributed by atoms with Crippen molar-refractivity contribution in [1.29, 1.82) is 0 Å². The highest BCUT2D eigenvalue weighted by Gasteiger charge is 2.41. The summed E-state index contributed by atoms with van der Waals surface area (Å²) in [6, 6.07) is 18.2. The zero-order valence-electron chi connectivity index (χ0n) is 21.9. The average molecular weight is 502 g/mol. The van der Waals surface area contributed by atoms with Crippen LogP contribution in [0.1, 0.15) is 44.9 Å². The molecule has 7 heteroatoms. The molecule has 196 valence electrons. The van der Waals surface area contributed by atoms with Gasteiger partial charge in [-0.15, -0.1) is 0 Å². The van der Waals surface area contributed by atoms with Gasteiger partial charge in [-0.2, -0.15) is 5.10 Å². The Balaban J connectivity index is 1.07. The summed E-state index contributed by atoms with van der Waals surface area (Å²) in [4.78, 5) is 16.8. The van der Waals surface area contributed by atoms with E-state index in [1.165, 1.54) is 23.2 Å². The van der Waals surface area contributed by atoms with Gasteiger partial charge in [0, 0.05) is 56.5 Å². The van der Waals surface area contributed by atoms with Crippen LogP contribution in [0, 0.1) is 5.92 Å². The predicted octanol–water partition coefficient (Wildman–Crippen LogP) is 3.87. The third-order valence-electron chi connectivity index (χ3n) is 8.77. The summed E-state index contributed by atoms with van der Waals surface area (Å²) < 4.78 is 0. The zero-order chi connectivity index (χ0) is 25.4. The second-order valence-electron chi connectivity index (χ2n) is 11.4. The normalized spacial score (nSPS) is 25.2. The van der Waals surface area contributed by atoms with Crippen molar-refractivity contribution in [3.8, 4) is 11.1 Å². The number of amides is 1. The predicted molar refractivity (Wildman–Crippen MR) is 149 cm³/mol. The molecule has 2 saturated heterocycles. The number of aliphatic hydroxyl groups is 1. The quantitative estimate of drug-likeness (QED) is 0.603. The Morgan fingerprint density at radius 2 is 1.62 bits per heavy atom. The van der Waals surface area contributed by atoms with E-state index in [1.807, 2.05) is 18.2 Å². The van der Waals surface area contributed by atoms with E-state index in [2.05, 4.69) is 68.9 Å². The maximum Gasteiger partial charge on any atom is 0.225 e. The summed E-state index contributed by atoms with van der Waals surface area (Å²) in [6.07, 6.45) is 8.03. The molecular weight excluding hydrogens is 462 g/mol. The molecule has 3 aliphatic heterocycles. The van der Waals surface area contributed by atoms with Crippen LogP contribution < -0.4 is 15.2 Å². The minimum absolute atomic E-state index is 0.141. The average Bonchev–Trinajstić information content (AvgIpc) is 3.50. The number of piperidine rings is 1. The van der Waals surface area contributed by atoms with Gasteiger partial charge in [-0.05, 0) is 81.0 Å². The maximum absolute atomic E-state index is 12.4. The van der Waals surface area contributed by atoms with E-state index in [4.69, 9.17) is 0 Å². The van der Waals surface area contributed by atoms with Gasteiger partial charge in [-0.1, -0.05) is 24.3 Å². The summed E-state index contributed by atoms with van der Waals surface area (Å²) in [6.45, 7) is 3.50. The molecule has 3 heterocycles. The second kappa shape index (κ2) is 10.1. The van der Waals surface area contributed by atoms with Crippen molar-refractivity contribution in [2.24, 2.45) is 11.0 Å². The van der Waals surface area contributed by atoms with Crippen LogP contribution >= 0.6 is 0 Å². The summed E-state index contributed by atoms with van der Waals surface area (Å²) in [7, 11) is 2.04. The van der Waals surface area contributed by atoms with Gasteiger partial charge in [-0.3, -0.25) is 9.80 Å². The minimum atomic E-state index is -0.735. The molecule has 6 rings (SSSR count). The molecule has 4 aliphatic rings. The third kappa shape index (κ3) is 5.25. The number of hydrogen-bond donors (Lipinski definition) is 2. The zero-order valence-corrected chi connectivity index (χ0v) is 21.9. The number of nitrogens with zero attached hydrogens (tertiary/aromatic N) is 4. The molecule has 0 radical (unpaired) electrons. The number of carbonyl (C=O) groups excluding carboxylic acids is 1. The number of hydrazone groups is 1. The van der Waals surface area contributed by atoms with Gasteiger partial charge < -0.3 is 20.2 Å². The highest BCUT2D eigenvalue weighted by Crippen LogP contribution is 2.37. The number of carbonyl (C=O) groups is 1. The summed E-state index contributed by atoms with van der Waals surface area (Å²) >= 11 is 0. The molecule has 1 saturated carbocycles. The Morgan fingerprint density at radius 1 is 0.973 bits per heavy atom. The van der Waals surface area contributed by atoms with Gasteiger partial charge in [0.05, 0.1) is 17.3 Å². The summed E-state index contributed by atoms with van der Waals surface area (Å²) in [5, 5.41) is 21.4. The van der Waals surface area contributed by atoms with E-state index in [0.29, 0.717) is 44.3 Å². The smallest absolute Gasteiger partial charge is 0.225 e. The second-order valence-corrected chi connectivity index (χ2v) is 11.4. The lowest BCUT2D eigenvalue weighted by atomic mass is 9.84. The number of likely N-dealkylation sites (N-methyl/N-ethyl adjacent to an activating group) is 1. The van der Waals surface area contributed by atoms with Crippen LogP contribution in [-0.2, 0) is 4.79 Å². The fraction of sp³-hybridized carbons (Fsp3) is 0.533. The SMILES string of the molecule is CN[C@H]1CCN(c2ccc(-c3ccc(N4N=CCC4CC4(O)CCN(C(=O)C5CC5)CC4)cc3)cc2)C1. The van der Waals surface area contributed by atoms with Crippen LogP contribution in [0.5, 0.6) is 0 Å². The highest BCUT2D eigenvalue weighted by atomic mass is 16.3. The fourth-order valence-corrected chi connectivity index (χ4v) is 6.17. The molecular formula is C30H39N5O2.